The van der Waals surface area contributed by atoms with Gasteiger partial charge in [0, 0.05) is 18.4 Å². The molecule has 1 N–H and O–H groups in total. The molecule has 0 atom stereocenters. The monoisotopic (exact) mass is 312 g/mol. The second-order valence-electron chi connectivity index (χ2n) is 6.17. The molecule has 0 unspecified atom stereocenters. The maximum Gasteiger partial charge on any atom is 0.244 e. The minimum absolute atomic E-state index is 0.00339. The van der Waals surface area contributed by atoms with Gasteiger partial charge in [-0.25, -0.2) is 0 Å². The molecule has 1 aromatic carbocycles. The van der Waals surface area contributed by atoms with Crippen molar-refractivity contribution >= 4 is 23.2 Å². The summed E-state index contributed by atoms with van der Waals surface area (Å²) in [6, 6.07) is 7.61. The molecule has 23 heavy (non-hydrogen) atoms. The highest BCUT2D eigenvalue weighted by atomic mass is 16.2. The molecule has 0 fully saturated rings. The highest BCUT2D eigenvalue weighted by Crippen LogP contribution is 2.40. The van der Waals surface area contributed by atoms with E-state index in [1.807, 2.05) is 45.0 Å². The lowest BCUT2D eigenvalue weighted by Gasteiger charge is -2.19. The lowest BCUT2D eigenvalue weighted by Crippen LogP contribution is -2.40. The average molecular weight is 312 g/mol. The fourth-order valence-corrected chi connectivity index (χ4v) is 2.90. The Morgan fingerprint density at radius 2 is 2.04 bits per heavy atom. The van der Waals surface area contributed by atoms with Crippen LogP contribution in [0.5, 0.6) is 0 Å². The largest absolute Gasteiger partial charge is 0.322 e. The van der Waals surface area contributed by atoms with E-state index >= 15 is 0 Å². The first-order chi connectivity index (χ1) is 10.9. The van der Waals surface area contributed by atoms with Gasteiger partial charge in [0.05, 0.1) is 17.3 Å². The number of benzene rings is 1. The van der Waals surface area contributed by atoms with Crippen LogP contribution in [0.2, 0.25) is 0 Å². The van der Waals surface area contributed by atoms with Crippen LogP contribution in [0.25, 0.3) is 0 Å². The minimum atomic E-state index is -0.607. The molecule has 6 heteroatoms. The van der Waals surface area contributed by atoms with Gasteiger partial charge in [0.25, 0.3) is 0 Å². The molecule has 0 aliphatic carbocycles. The summed E-state index contributed by atoms with van der Waals surface area (Å²) < 4.78 is 1.73. The molecule has 0 spiro atoms. The van der Waals surface area contributed by atoms with E-state index in [0.717, 1.165) is 17.8 Å². The Balaban J connectivity index is 1.77. The Morgan fingerprint density at radius 3 is 2.74 bits per heavy atom. The number of nitrogens with one attached hydrogen (secondary N) is 1. The number of rotatable bonds is 4. The molecule has 0 saturated carbocycles. The minimum Gasteiger partial charge on any atom is -0.322 e. The SMILES string of the molecule is CCn1cc(NC(=O)CN2C(=O)C(C)(C)c3ccccc32)cn1. The van der Waals surface area contributed by atoms with Gasteiger partial charge in [0.15, 0.2) is 0 Å². The highest BCUT2D eigenvalue weighted by molar-refractivity contribution is 6.11. The van der Waals surface area contributed by atoms with Crippen molar-refractivity contribution < 1.29 is 9.59 Å². The molecule has 1 aromatic heterocycles. The first-order valence-corrected chi connectivity index (χ1v) is 7.67. The quantitative estimate of drug-likeness (QED) is 0.941. The predicted molar refractivity (Wildman–Crippen MR) is 88.4 cm³/mol. The van der Waals surface area contributed by atoms with E-state index < -0.39 is 5.41 Å². The van der Waals surface area contributed by atoms with E-state index in [1.165, 1.54) is 0 Å². The lowest BCUT2D eigenvalue weighted by molar-refractivity contribution is -0.124. The summed E-state index contributed by atoms with van der Waals surface area (Å²) in [4.78, 5) is 26.5. The summed E-state index contributed by atoms with van der Waals surface area (Å²) in [6.45, 7) is 6.48. The predicted octanol–water partition coefficient (Wildman–Crippen LogP) is 2.17. The van der Waals surface area contributed by atoms with Gasteiger partial charge >= 0.3 is 0 Å². The normalized spacial score (nSPS) is 15.6. The summed E-state index contributed by atoms with van der Waals surface area (Å²) in [6.07, 6.45) is 3.37. The first kappa shape index (κ1) is 15.3. The Morgan fingerprint density at radius 1 is 1.30 bits per heavy atom. The van der Waals surface area contributed by atoms with Crippen LogP contribution in [0.3, 0.4) is 0 Å². The third kappa shape index (κ3) is 2.60. The summed E-state index contributed by atoms with van der Waals surface area (Å²) in [5, 5.41) is 6.90. The lowest BCUT2D eigenvalue weighted by atomic mass is 9.86. The molecule has 120 valence electrons. The topological polar surface area (TPSA) is 67.2 Å². The zero-order chi connectivity index (χ0) is 16.6. The molecule has 0 radical (unpaired) electrons. The number of fused-ring (bicyclic) bond motifs is 1. The van der Waals surface area contributed by atoms with Crippen molar-refractivity contribution in [2.45, 2.75) is 32.7 Å². The van der Waals surface area contributed by atoms with Gasteiger partial charge in [0.2, 0.25) is 11.8 Å². The highest BCUT2D eigenvalue weighted by Gasteiger charge is 2.44. The molecule has 2 aromatic rings. The Labute approximate surface area is 135 Å². The van der Waals surface area contributed by atoms with Gasteiger partial charge < -0.3 is 10.2 Å². The van der Waals surface area contributed by atoms with E-state index in [1.54, 1.807) is 22.0 Å². The van der Waals surface area contributed by atoms with Crippen LogP contribution < -0.4 is 10.2 Å². The van der Waals surface area contributed by atoms with E-state index in [0.29, 0.717) is 5.69 Å². The van der Waals surface area contributed by atoms with Crippen LogP contribution in [-0.2, 0) is 21.5 Å². The van der Waals surface area contributed by atoms with Crippen LogP contribution in [0.4, 0.5) is 11.4 Å². The molecule has 2 heterocycles. The molecule has 1 aliphatic rings. The smallest absolute Gasteiger partial charge is 0.244 e. The molecular formula is C17H20N4O2. The van der Waals surface area contributed by atoms with Crippen LogP contribution in [0.15, 0.2) is 36.7 Å². The maximum atomic E-state index is 12.7. The molecular weight excluding hydrogens is 292 g/mol. The first-order valence-electron chi connectivity index (χ1n) is 7.67. The van der Waals surface area contributed by atoms with Crippen molar-refractivity contribution in [3.05, 3.63) is 42.2 Å². The summed E-state index contributed by atoms with van der Waals surface area (Å²) in [5.41, 5.74) is 1.79. The number of amides is 2. The van der Waals surface area contributed by atoms with Crippen LogP contribution >= 0.6 is 0 Å². The van der Waals surface area contributed by atoms with Gasteiger partial charge in [-0.1, -0.05) is 18.2 Å². The van der Waals surface area contributed by atoms with Crippen molar-refractivity contribution in [1.29, 1.82) is 0 Å². The Bertz CT molecular complexity index is 763. The molecule has 6 nitrogen and oxygen atoms in total. The van der Waals surface area contributed by atoms with Crippen molar-refractivity contribution in [3.8, 4) is 0 Å². The number of carbonyl (C=O) groups is 2. The van der Waals surface area contributed by atoms with Crippen LogP contribution in [0.1, 0.15) is 26.3 Å². The second kappa shape index (κ2) is 5.53. The maximum absolute atomic E-state index is 12.7. The Hall–Kier alpha value is -2.63. The molecule has 2 amide bonds. The van der Waals surface area contributed by atoms with E-state index in [2.05, 4.69) is 10.4 Å². The zero-order valence-corrected chi connectivity index (χ0v) is 13.5. The molecule has 1 aliphatic heterocycles. The van der Waals surface area contributed by atoms with E-state index in [4.69, 9.17) is 0 Å². The number of para-hydroxylation sites is 1. The van der Waals surface area contributed by atoms with Gasteiger partial charge in [-0.05, 0) is 32.4 Å². The fourth-order valence-electron chi connectivity index (χ4n) is 2.90. The standard InChI is InChI=1S/C17H20N4O2/c1-4-20-10-12(9-18-20)19-15(22)11-21-14-8-6-5-7-13(14)17(2,3)16(21)23/h5-10H,4,11H2,1-3H3,(H,19,22). The number of hydrogen-bond acceptors (Lipinski definition) is 3. The summed E-state index contributed by atoms with van der Waals surface area (Å²) in [7, 11) is 0. The second-order valence-corrected chi connectivity index (χ2v) is 6.17. The third-order valence-electron chi connectivity index (χ3n) is 4.19. The molecule has 3 rings (SSSR count). The van der Waals surface area contributed by atoms with Gasteiger partial charge in [0.1, 0.15) is 6.54 Å². The molecule has 0 saturated heterocycles. The number of aryl methyl sites for hydroxylation is 1. The van der Waals surface area contributed by atoms with E-state index in [-0.39, 0.29) is 18.4 Å². The third-order valence-corrected chi connectivity index (χ3v) is 4.19. The van der Waals surface area contributed by atoms with Gasteiger partial charge in [-0.2, -0.15) is 5.10 Å². The summed E-state index contributed by atoms with van der Waals surface area (Å²) in [5.74, 6) is -0.292. The number of hydrogen-bond donors (Lipinski definition) is 1. The van der Waals surface area contributed by atoms with Crippen LogP contribution in [0, 0.1) is 0 Å². The fraction of sp³-hybridized carbons (Fsp3) is 0.353. The van der Waals surface area contributed by atoms with Gasteiger partial charge in [-0.3, -0.25) is 14.3 Å². The number of anilines is 2. The van der Waals surface area contributed by atoms with Crippen molar-refractivity contribution in [3.63, 3.8) is 0 Å². The van der Waals surface area contributed by atoms with Crippen molar-refractivity contribution in [2.75, 3.05) is 16.8 Å². The Kier molecular flexibility index (Phi) is 3.67. The number of nitrogens with zero attached hydrogens (tertiary/aromatic N) is 3. The zero-order valence-electron chi connectivity index (χ0n) is 13.5. The van der Waals surface area contributed by atoms with Crippen LogP contribution in [-0.4, -0.2) is 28.1 Å². The number of aromatic nitrogens is 2. The average Bonchev–Trinajstić information content (AvgIpc) is 3.05. The van der Waals surface area contributed by atoms with E-state index in [9.17, 15) is 9.59 Å². The van der Waals surface area contributed by atoms with Crippen molar-refractivity contribution in [1.82, 2.24) is 9.78 Å². The number of carbonyl (C=O) groups excluding carboxylic acids is 2. The molecule has 0 bridgehead atoms. The van der Waals surface area contributed by atoms with Gasteiger partial charge in [-0.15, -0.1) is 0 Å². The summed E-state index contributed by atoms with van der Waals surface area (Å²) >= 11 is 0. The van der Waals surface area contributed by atoms with Crippen molar-refractivity contribution in [2.24, 2.45) is 0 Å².